The van der Waals surface area contributed by atoms with Crippen LogP contribution in [0.25, 0.3) is 0 Å². The Balaban J connectivity index is 2.25. The highest BCUT2D eigenvalue weighted by Gasteiger charge is 2.36. The highest BCUT2D eigenvalue weighted by atomic mass is 15.0. The summed E-state index contributed by atoms with van der Waals surface area (Å²) in [6.07, 6.45) is 2.55. The average molecular weight is 98.1 g/mol. The number of rotatable bonds is 2. The lowest BCUT2D eigenvalue weighted by Gasteiger charge is -1.96. The fourth-order valence-electron chi connectivity index (χ4n) is 0.562. The standard InChI is InChI=1S/C5H10N2/c1-5(2-3-5)4-7-6/h6H,2-4H2,1H3. The highest BCUT2D eigenvalue weighted by molar-refractivity contribution is 4.89. The number of hydrogen-bond donors (Lipinski definition) is 1. The molecule has 2 nitrogen and oxygen atoms in total. The molecule has 1 saturated carbocycles. The fraction of sp³-hybridized carbons (Fsp3) is 1.00. The van der Waals surface area contributed by atoms with Crippen molar-refractivity contribution >= 4 is 0 Å². The molecule has 7 heavy (non-hydrogen) atoms. The molecule has 0 saturated heterocycles. The van der Waals surface area contributed by atoms with Crippen LogP contribution < -0.4 is 0 Å². The van der Waals surface area contributed by atoms with E-state index >= 15 is 0 Å². The first-order valence-corrected chi connectivity index (χ1v) is 2.60. The first-order valence-electron chi connectivity index (χ1n) is 2.60. The molecule has 1 N–H and O–H groups in total. The maximum Gasteiger partial charge on any atom is 0.0650 e. The SMILES string of the molecule is CC1(CN=N)CC1. The van der Waals surface area contributed by atoms with Crippen molar-refractivity contribution in [1.82, 2.24) is 0 Å². The second-order valence-electron chi connectivity index (χ2n) is 2.63. The highest BCUT2D eigenvalue weighted by Crippen LogP contribution is 2.44. The van der Waals surface area contributed by atoms with Crippen LogP contribution in [-0.2, 0) is 0 Å². The van der Waals surface area contributed by atoms with Crippen LogP contribution in [0.3, 0.4) is 0 Å². The van der Waals surface area contributed by atoms with Crippen molar-refractivity contribution in [3.05, 3.63) is 0 Å². The zero-order chi connectivity index (χ0) is 5.33. The second-order valence-corrected chi connectivity index (χ2v) is 2.63. The Bertz CT molecular complexity index is 84.1. The Kier molecular flexibility index (Phi) is 0.873. The summed E-state index contributed by atoms with van der Waals surface area (Å²) < 4.78 is 0. The van der Waals surface area contributed by atoms with Gasteiger partial charge < -0.3 is 0 Å². The normalized spacial score (nSPS) is 24.1. The molecule has 0 amide bonds. The first kappa shape index (κ1) is 4.75. The summed E-state index contributed by atoms with van der Waals surface area (Å²) >= 11 is 0. The van der Waals surface area contributed by atoms with Crippen LogP contribution in [0.1, 0.15) is 19.8 Å². The van der Waals surface area contributed by atoms with Gasteiger partial charge in [-0.3, -0.25) is 0 Å². The summed E-state index contributed by atoms with van der Waals surface area (Å²) in [4.78, 5) is 0. The summed E-state index contributed by atoms with van der Waals surface area (Å²) in [5.41, 5.74) is 6.97. The molecule has 1 aliphatic carbocycles. The van der Waals surface area contributed by atoms with E-state index in [4.69, 9.17) is 5.53 Å². The Labute approximate surface area is 43.4 Å². The van der Waals surface area contributed by atoms with Gasteiger partial charge in [0.05, 0.1) is 6.54 Å². The van der Waals surface area contributed by atoms with E-state index in [1.807, 2.05) is 0 Å². The van der Waals surface area contributed by atoms with E-state index in [2.05, 4.69) is 12.0 Å². The van der Waals surface area contributed by atoms with Gasteiger partial charge in [0, 0.05) is 0 Å². The van der Waals surface area contributed by atoms with Crippen LogP contribution >= 0.6 is 0 Å². The summed E-state index contributed by atoms with van der Waals surface area (Å²) in [5.74, 6) is 0. The van der Waals surface area contributed by atoms with Gasteiger partial charge >= 0.3 is 0 Å². The zero-order valence-electron chi connectivity index (χ0n) is 4.57. The van der Waals surface area contributed by atoms with Gasteiger partial charge in [-0.15, -0.1) is 0 Å². The molecule has 1 fully saturated rings. The van der Waals surface area contributed by atoms with Gasteiger partial charge in [0.1, 0.15) is 0 Å². The smallest absolute Gasteiger partial charge is 0.0650 e. The van der Waals surface area contributed by atoms with Crippen molar-refractivity contribution in [3.8, 4) is 0 Å². The molecule has 0 spiro atoms. The van der Waals surface area contributed by atoms with Gasteiger partial charge in [-0.1, -0.05) is 6.92 Å². The summed E-state index contributed by atoms with van der Waals surface area (Å²) in [5, 5.41) is 3.32. The molecule has 1 aliphatic rings. The van der Waals surface area contributed by atoms with E-state index in [1.165, 1.54) is 12.8 Å². The van der Waals surface area contributed by atoms with Crippen LogP contribution in [0.5, 0.6) is 0 Å². The molecule has 0 unspecified atom stereocenters. The Morgan fingerprint density at radius 2 is 2.29 bits per heavy atom. The van der Waals surface area contributed by atoms with Crippen molar-refractivity contribution in [2.75, 3.05) is 6.54 Å². The second kappa shape index (κ2) is 1.29. The minimum atomic E-state index is 0.446. The van der Waals surface area contributed by atoms with Crippen LogP contribution in [0.2, 0.25) is 0 Å². The van der Waals surface area contributed by atoms with E-state index in [1.54, 1.807) is 0 Å². The molecule has 0 aromatic rings. The minimum absolute atomic E-state index is 0.446. The van der Waals surface area contributed by atoms with E-state index in [0.29, 0.717) is 5.41 Å². The van der Waals surface area contributed by atoms with E-state index < -0.39 is 0 Å². The Hall–Kier alpha value is -0.400. The molecule has 0 radical (unpaired) electrons. The third-order valence-electron chi connectivity index (χ3n) is 1.56. The molecule has 1 rings (SSSR count). The van der Waals surface area contributed by atoms with Crippen molar-refractivity contribution in [2.24, 2.45) is 10.5 Å². The average Bonchev–Trinajstić information content (AvgIpc) is 2.22. The Morgan fingerprint density at radius 3 is 2.43 bits per heavy atom. The molecule has 0 aliphatic heterocycles. The van der Waals surface area contributed by atoms with Gasteiger partial charge in [-0.25, -0.2) is 5.53 Å². The maximum absolute atomic E-state index is 6.52. The quantitative estimate of drug-likeness (QED) is 0.511. The lowest BCUT2D eigenvalue weighted by Crippen LogP contribution is -1.95. The molecule has 40 valence electrons. The number of nitrogens with one attached hydrogen (secondary N) is 1. The van der Waals surface area contributed by atoms with Gasteiger partial charge in [-0.05, 0) is 18.3 Å². The predicted molar refractivity (Wildman–Crippen MR) is 27.4 cm³/mol. The molecule has 0 bridgehead atoms. The summed E-state index contributed by atoms with van der Waals surface area (Å²) in [6.45, 7) is 2.91. The minimum Gasteiger partial charge on any atom is -0.210 e. The van der Waals surface area contributed by atoms with Crippen molar-refractivity contribution in [1.29, 1.82) is 5.53 Å². The zero-order valence-corrected chi connectivity index (χ0v) is 4.57. The molecule has 0 atom stereocenters. The third-order valence-corrected chi connectivity index (χ3v) is 1.56. The number of nitrogens with zero attached hydrogens (tertiary/aromatic N) is 1. The molecule has 0 aromatic carbocycles. The van der Waals surface area contributed by atoms with Crippen molar-refractivity contribution in [2.45, 2.75) is 19.8 Å². The largest absolute Gasteiger partial charge is 0.210 e. The summed E-state index contributed by atoms with van der Waals surface area (Å²) in [7, 11) is 0. The van der Waals surface area contributed by atoms with Gasteiger partial charge in [0.25, 0.3) is 0 Å². The molecular weight excluding hydrogens is 88.1 g/mol. The maximum atomic E-state index is 6.52. The predicted octanol–water partition coefficient (Wildman–Crippen LogP) is 1.82. The monoisotopic (exact) mass is 98.1 g/mol. The van der Waals surface area contributed by atoms with E-state index in [9.17, 15) is 0 Å². The van der Waals surface area contributed by atoms with Gasteiger partial charge in [-0.2, -0.15) is 5.11 Å². The Morgan fingerprint density at radius 1 is 1.71 bits per heavy atom. The molecule has 0 heterocycles. The van der Waals surface area contributed by atoms with Crippen LogP contribution in [0, 0.1) is 10.9 Å². The molecule has 0 aromatic heterocycles. The first-order chi connectivity index (χ1) is 3.27. The number of hydrogen-bond acceptors (Lipinski definition) is 2. The lowest BCUT2D eigenvalue weighted by atomic mass is 10.1. The fourth-order valence-corrected chi connectivity index (χ4v) is 0.562. The van der Waals surface area contributed by atoms with Gasteiger partial charge in [0.15, 0.2) is 0 Å². The van der Waals surface area contributed by atoms with Crippen LogP contribution in [0.15, 0.2) is 5.11 Å². The molecule has 2 heteroatoms. The van der Waals surface area contributed by atoms with E-state index in [-0.39, 0.29) is 0 Å². The van der Waals surface area contributed by atoms with E-state index in [0.717, 1.165) is 6.54 Å². The topological polar surface area (TPSA) is 36.2 Å². The van der Waals surface area contributed by atoms with Crippen molar-refractivity contribution < 1.29 is 0 Å². The third kappa shape index (κ3) is 0.981. The van der Waals surface area contributed by atoms with Crippen LogP contribution in [0.4, 0.5) is 0 Å². The molecular formula is C5H10N2. The van der Waals surface area contributed by atoms with Gasteiger partial charge in [0.2, 0.25) is 0 Å². The van der Waals surface area contributed by atoms with Crippen molar-refractivity contribution in [3.63, 3.8) is 0 Å². The summed E-state index contributed by atoms with van der Waals surface area (Å²) in [6, 6.07) is 0. The lowest BCUT2D eigenvalue weighted by molar-refractivity contribution is 0.567. The van der Waals surface area contributed by atoms with Crippen LogP contribution in [-0.4, -0.2) is 6.54 Å².